The summed E-state index contributed by atoms with van der Waals surface area (Å²) in [5.41, 5.74) is 2.23. The number of benzene rings is 2. The lowest BCUT2D eigenvalue weighted by atomic mass is 10.1. The first-order chi connectivity index (χ1) is 14.9. The van der Waals surface area contributed by atoms with Crippen LogP contribution in [0.5, 0.6) is 0 Å². The van der Waals surface area contributed by atoms with Crippen LogP contribution in [0.4, 0.5) is 11.4 Å². The van der Waals surface area contributed by atoms with Crippen LogP contribution >= 0.6 is 23.4 Å². The molecule has 8 heteroatoms. The third kappa shape index (κ3) is 4.72. The molecule has 4 rings (SSSR count). The van der Waals surface area contributed by atoms with Crippen LogP contribution in [0.3, 0.4) is 0 Å². The molecule has 6 nitrogen and oxygen atoms in total. The van der Waals surface area contributed by atoms with Crippen molar-refractivity contribution in [2.24, 2.45) is 0 Å². The zero-order valence-corrected chi connectivity index (χ0v) is 18.8. The first-order valence-electron chi connectivity index (χ1n) is 10.4. The van der Waals surface area contributed by atoms with Crippen LogP contribution in [0.25, 0.3) is 0 Å². The number of nitrogens with zero attached hydrogens (tertiary/aromatic N) is 2. The molecule has 2 aromatic rings. The highest BCUT2D eigenvalue weighted by atomic mass is 35.5. The third-order valence-electron chi connectivity index (χ3n) is 5.56. The molecular weight excluding hydrogens is 434 g/mol. The molecular formula is C23H24ClN3O3S. The molecule has 0 spiro atoms. The third-order valence-corrected chi connectivity index (χ3v) is 7.02. The number of halogens is 1. The van der Waals surface area contributed by atoms with Crippen LogP contribution in [0.1, 0.15) is 24.8 Å². The molecule has 0 aliphatic carbocycles. The van der Waals surface area contributed by atoms with Crippen LogP contribution in [-0.2, 0) is 14.4 Å². The molecule has 2 heterocycles. The zero-order chi connectivity index (χ0) is 22.0. The Hall–Kier alpha value is -2.51. The molecule has 0 aromatic heterocycles. The van der Waals surface area contributed by atoms with Crippen molar-refractivity contribution in [1.82, 2.24) is 4.90 Å². The Morgan fingerprint density at radius 2 is 1.87 bits per heavy atom. The fourth-order valence-corrected chi connectivity index (χ4v) is 5.35. The van der Waals surface area contributed by atoms with Crippen molar-refractivity contribution in [3.63, 3.8) is 0 Å². The number of aryl methyl sites for hydroxylation is 1. The van der Waals surface area contributed by atoms with Gasteiger partial charge in [0.05, 0.1) is 5.69 Å². The van der Waals surface area contributed by atoms with Gasteiger partial charge in [-0.2, -0.15) is 0 Å². The number of likely N-dealkylation sites (tertiary alicyclic amines) is 1. The van der Waals surface area contributed by atoms with E-state index in [9.17, 15) is 14.4 Å². The average Bonchev–Trinajstić information content (AvgIpc) is 2.77. The Labute approximate surface area is 190 Å². The summed E-state index contributed by atoms with van der Waals surface area (Å²) in [5.74, 6) is -0.875. The van der Waals surface area contributed by atoms with Gasteiger partial charge in [-0.25, -0.2) is 0 Å². The van der Waals surface area contributed by atoms with Gasteiger partial charge in [-0.3, -0.25) is 14.4 Å². The van der Waals surface area contributed by atoms with Gasteiger partial charge in [0.2, 0.25) is 11.8 Å². The lowest BCUT2D eigenvalue weighted by Crippen LogP contribution is -2.52. The highest BCUT2D eigenvalue weighted by Crippen LogP contribution is 2.41. The van der Waals surface area contributed by atoms with Crippen LogP contribution in [-0.4, -0.2) is 47.5 Å². The molecule has 0 saturated carbocycles. The first kappa shape index (κ1) is 21.7. The zero-order valence-electron chi connectivity index (χ0n) is 17.3. The van der Waals surface area contributed by atoms with Crippen LogP contribution in [0, 0.1) is 6.92 Å². The normalized spacial score (nSPS) is 18.5. The van der Waals surface area contributed by atoms with Crippen molar-refractivity contribution >= 4 is 52.5 Å². The second-order valence-corrected chi connectivity index (χ2v) is 9.37. The van der Waals surface area contributed by atoms with Gasteiger partial charge in [0.1, 0.15) is 6.54 Å². The van der Waals surface area contributed by atoms with E-state index in [-0.39, 0.29) is 24.3 Å². The summed E-state index contributed by atoms with van der Waals surface area (Å²) < 4.78 is 0. The van der Waals surface area contributed by atoms with E-state index in [0.717, 1.165) is 29.7 Å². The highest BCUT2D eigenvalue weighted by Gasteiger charge is 2.41. The summed E-state index contributed by atoms with van der Waals surface area (Å²) in [6.45, 7) is 3.06. The maximum absolute atomic E-state index is 13.4. The standard InChI is InChI=1S/C23H24ClN3O3S/c1-15-7-3-4-8-17(15)25-20(28)14-27-18-10-9-16(24)13-19(18)31-21(23(27)30)22(29)26-11-5-2-6-12-26/h3-4,7-10,13,21H,2,5-6,11-12,14H2,1H3,(H,25,28). The van der Waals surface area contributed by atoms with E-state index in [1.807, 2.05) is 31.2 Å². The average molecular weight is 458 g/mol. The molecule has 1 saturated heterocycles. The molecule has 2 aliphatic rings. The molecule has 0 radical (unpaired) electrons. The lowest BCUT2D eigenvalue weighted by Gasteiger charge is -2.36. The summed E-state index contributed by atoms with van der Waals surface area (Å²) >= 11 is 7.40. The van der Waals surface area contributed by atoms with E-state index in [2.05, 4.69) is 5.32 Å². The van der Waals surface area contributed by atoms with Crippen LogP contribution < -0.4 is 10.2 Å². The fourth-order valence-electron chi connectivity index (χ4n) is 3.89. The van der Waals surface area contributed by atoms with Gasteiger partial charge < -0.3 is 15.1 Å². The highest BCUT2D eigenvalue weighted by molar-refractivity contribution is 8.01. The van der Waals surface area contributed by atoms with Crippen LogP contribution in [0.2, 0.25) is 5.02 Å². The predicted molar refractivity (Wildman–Crippen MR) is 124 cm³/mol. The maximum Gasteiger partial charge on any atom is 0.250 e. The van der Waals surface area contributed by atoms with Gasteiger partial charge in [-0.15, -0.1) is 11.8 Å². The summed E-state index contributed by atoms with van der Waals surface area (Å²) in [6, 6.07) is 12.6. The number of fused-ring (bicyclic) bond motifs is 1. The summed E-state index contributed by atoms with van der Waals surface area (Å²) in [5, 5.41) is 2.48. The van der Waals surface area contributed by atoms with E-state index in [1.54, 1.807) is 23.1 Å². The number of nitrogens with one attached hydrogen (secondary N) is 1. The number of thioether (sulfide) groups is 1. The van der Waals surface area contributed by atoms with Crippen molar-refractivity contribution in [1.29, 1.82) is 0 Å². The SMILES string of the molecule is Cc1ccccc1NC(=O)CN1C(=O)C(C(=O)N2CCCCC2)Sc2cc(Cl)ccc21. The Morgan fingerprint density at radius 3 is 2.61 bits per heavy atom. The molecule has 2 aromatic carbocycles. The second-order valence-electron chi connectivity index (χ2n) is 7.78. The fraction of sp³-hybridized carbons (Fsp3) is 0.348. The number of carbonyl (C=O) groups is 3. The summed E-state index contributed by atoms with van der Waals surface area (Å²) in [4.78, 5) is 43.2. The number of hydrogen-bond donors (Lipinski definition) is 1. The van der Waals surface area contributed by atoms with E-state index in [1.165, 1.54) is 16.7 Å². The molecule has 1 N–H and O–H groups in total. The van der Waals surface area contributed by atoms with E-state index < -0.39 is 5.25 Å². The largest absolute Gasteiger partial charge is 0.341 e. The molecule has 1 unspecified atom stereocenters. The first-order valence-corrected chi connectivity index (χ1v) is 11.6. The molecule has 1 fully saturated rings. The Kier molecular flexibility index (Phi) is 6.53. The van der Waals surface area contributed by atoms with Gasteiger partial charge >= 0.3 is 0 Å². The molecule has 2 aliphatic heterocycles. The monoisotopic (exact) mass is 457 g/mol. The molecule has 1 atom stereocenters. The van der Waals surface area contributed by atoms with Gasteiger partial charge in [-0.05, 0) is 56.0 Å². The minimum absolute atomic E-state index is 0.174. The minimum atomic E-state index is -0.907. The molecule has 162 valence electrons. The molecule has 31 heavy (non-hydrogen) atoms. The van der Waals surface area contributed by atoms with E-state index in [0.29, 0.717) is 29.5 Å². The Balaban J connectivity index is 1.59. The van der Waals surface area contributed by atoms with Crippen molar-refractivity contribution in [3.8, 4) is 0 Å². The van der Waals surface area contributed by atoms with E-state index in [4.69, 9.17) is 11.6 Å². The van der Waals surface area contributed by atoms with Gasteiger partial charge in [0, 0.05) is 28.7 Å². The van der Waals surface area contributed by atoms with Gasteiger partial charge in [0.15, 0.2) is 5.25 Å². The number of carbonyl (C=O) groups excluding carboxylic acids is 3. The van der Waals surface area contributed by atoms with Crippen molar-refractivity contribution in [2.75, 3.05) is 29.9 Å². The lowest BCUT2D eigenvalue weighted by molar-refractivity contribution is -0.135. The van der Waals surface area contributed by atoms with Crippen LogP contribution in [0.15, 0.2) is 47.4 Å². The van der Waals surface area contributed by atoms with Crippen molar-refractivity contribution in [3.05, 3.63) is 53.1 Å². The maximum atomic E-state index is 13.4. The summed E-state index contributed by atoms with van der Waals surface area (Å²) in [7, 11) is 0. The Morgan fingerprint density at radius 1 is 1.13 bits per heavy atom. The quantitative estimate of drug-likeness (QED) is 0.701. The predicted octanol–water partition coefficient (Wildman–Crippen LogP) is 4.11. The number of rotatable bonds is 4. The van der Waals surface area contributed by atoms with E-state index >= 15 is 0 Å². The topological polar surface area (TPSA) is 69.7 Å². The molecule has 3 amide bonds. The Bertz CT molecular complexity index is 1020. The number of para-hydroxylation sites is 1. The number of hydrogen-bond acceptors (Lipinski definition) is 4. The number of anilines is 2. The van der Waals surface area contributed by atoms with Crippen molar-refractivity contribution < 1.29 is 14.4 Å². The minimum Gasteiger partial charge on any atom is -0.341 e. The summed E-state index contributed by atoms with van der Waals surface area (Å²) in [6.07, 6.45) is 2.99. The van der Waals surface area contributed by atoms with Gasteiger partial charge in [0.25, 0.3) is 5.91 Å². The molecule has 0 bridgehead atoms. The number of piperidine rings is 1. The number of amides is 3. The van der Waals surface area contributed by atoms with Gasteiger partial charge in [-0.1, -0.05) is 29.8 Å². The smallest absolute Gasteiger partial charge is 0.250 e. The second kappa shape index (κ2) is 9.32. The van der Waals surface area contributed by atoms with Crippen molar-refractivity contribution in [2.45, 2.75) is 36.3 Å².